The highest BCUT2D eigenvalue weighted by molar-refractivity contribution is 7.99. The van der Waals surface area contributed by atoms with Crippen LogP contribution in [-0.4, -0.2) is 37.2 Å². The average Bonchev–Trinajstić information content (AvgIpc) is 2.19. The summed E-state index contributed by atoms with van der Waals surface area (Å²) in [6.45, 7) is 5.80. The lowest BCUT2D eigenvalue weighted by Gasteiger charge is -2.23. The van der Waals surface area contributed by atoms with Gasteiger partial charge >= 0.3 is 0 Å². The minimum absolute atomic E-state index is 0.732. The molecule has 0 aromatic heterocycles. The average molecular weight is 202 g/mol. The van der Waals surface area contributed by atoms with Crippen molar-refractivity contribution in [2.75, 3.05) is 31.1 Å². The monoisotopic (exact) mass is 202 g/mol. The Morgan fingerprint density at radius 1 is 1.46 bits per heavy atom. The minimum atomic E-state index is 0.732. The van der Waals surface area contributed by atoms with Gasteiger partial charge in [0.1, 0.15) is 0 Å². The van der Waals surface area contributed by atoms with Crippen molar-refractivity contribution in [3.8, 4) is 0 Å². The second-order valence-corrected chi connectivity index (χ2v) is 4.83. The summed E-state index contributed by atoms with van der Waals surface area (Å²) in [4.78, 5) is 0. The minimum Gasteiger partial charge on any atom is -0.315 e. The van der Waals surface area contributed by atoms with Crippen LogP contribution in [0.4, 0.5) is 0 Å². The van der Waals surface area contributed by atoms with Crippen LogP contribution in [0.2, 0.25) is 0 Å². The highest BCUT2D eigenvalue weighted by Gasteiger charge is 2.10. The molecule has 0 amide bonds. The summed E-state index contributed by atoms with van der Waals surface area (Å²) >= 11 is 2.06. The summed E-state index contributed by atoms with van der Waals surface area (Å²) in [6, 6.07) is 0.732. The smallest absolute Gasteiger partial charge is 0.0193 e. The molecule has 1 aliphatic rings. The Hall–Kier alpha value is 0.270. The summed E-state index contributed by atoms with van der Waals surface area (Å²) < 4.78 is 0. The first-order valence-corrected chi connectivity index (χ1v) is 6.60. The van der Waals surface area contributed by atoms with Gasteiger partial charge in [-0.25, -0.2) is 0 Å². The molecule has 1 saturated heterocycles. The Balaban J connectivity index is 1.86. The zero-order valence-corrected chi connectivity index (χ0v) is 9.46. The molecule has 0 aliphatic carbocycles. The number of rotatable bonds is 6. The van der Waals surface area contributed by atoms with E-state index in [2.05, 4.69) is 29.3 Å². The molecule has 1 rings (SSSR count). The molecule has 2 N–H and O–H groups in total. The van der Waals surface area contributed by atoms with Crippen LogP contribution in [0.15, 0.2) is 0 Å². The maximum atomic E-state index is 3.60. The van der Waals surface area contributed by atoms with E-state index in [9.17, 15) is 0 Å². The Morgan fingerprint density at radius 3 is 3.08 bits per heavy atom. The maximum absolute atomic E-state index is 3.60. The van der Waals surface area contributed by atoms with E-state index in [0.29, 0.717) is 0 Å². The Labute approximate surface area is 86.2 Å². The van der Waals surface area contributed by atoms with Gasteiger partial charge in [0.25, 0.3) is 0 Å². The third kappa shape index (κ3) is 5.55. The van der Waals surface area contributed by atoms with Crippen LogP contribution in [-0.2, 0) is 0 Å². The number of nitrogens with one attached hydrogen (secondary N) is 2. The van der Waals surface area contributed by atoms with Gasteiger partial charge in [0, 0.05) is 24.9 Å². The molecule has 1 heterocycles. The number of piperidine rings is 1. The third-order valence-electron chi connectivity index (χ3n) is 2.32. The maximum Gasteiger partial charge on any atom is 0.0193 e. The summed E-state index contributed by atoms with van der Waals surface area (Å²) in [5.74, 6) is 2.58. The predicted molar refractivity (Wildman–Crippen MR) is 61.5 cm³/mol. The molecular weight excluding hydrogens is 180 g/mol. The highest BCUT2D eigenvalue weighted by atomic mass is 32.2. The molecule has 3 heteroatoms. The van der Waals surface area contributed by atoms with Gasteiger partial charge in [-0.15, -0.1) is 0 Å². The van der Waals surface area contributed by atoms with Crippen LogP contribution in [0.1, 0.15) is 26.2 Å². The van der Waals surface area contributed by atoms with E-state index in [1.54, 1.807) is 0 Å². The quantitative estimate of drug-likeness (QED) is 0.638. The van der Waals surface area contributed by atoms with E-state index in [1.807, 2.05) is 0 Å². The van der Waals surface area contributed by atoms with E-state index in [-0.39, 0.29) is 0 Å². The largest absolute Gasteiger partial charge is 0.315 e. The van der Waals surface area contributed by atoms with E-state index in [4.69, 9.17) is 0 Å². The fourth-order valence-corrected chi connectivity index (χ4v) is 2.36. The normalized spacial score (nSPS) is 23.3. The molecular formula is C10H22N2S. The number of hydrogen-bond donors (Lipinski definition) is 2. The van der Waals surface area contributed by atoms with E-state index in [1.165, 1.54) is 50.4 Å². The van der Waals surface area contributed by atoms with Crippen LogP contribution < -0.4 is 10.6 Å². The van der Waals surface area contributed by atoms with Crippen molar-refractivity contribution in [2.45, 2.75) is 32.2 Å². The summed E-state index contributed by atoms with van der Waals surface area (Å²) in [5.41, 5.74) is 0. The SMILES string of the molecule is CCCSCCNC1CCCNC1. The zero-order chi connectivity index (χ0) is 9.36. The summed E-state index contributed by atoms with van der Waals surface area (Å²) in [7, 11) is 0. The topological polar surface area (TPSA) is 24.1 Å². The number of hydrogen-bond acceptors (Lipinski definition) is 3. The lowest BCUT2D eigenvalue weighted by Crippen LogP contribution is -2.43. The molecule has 0 bridgehead atoms. The van der Waals surface area contributed by atoms with E-state index < -0.39 is 0 Å². The summed E-state index contributed by atoms with van der Waals surface area (Å²) in [6.07, 6.45) is 3.99. The van der Waals surface area contributed by atoms with Crippen molar-refractivity contribution in [2.24, 2.45) is 0 Å². The Morgan fingerprint density at radius 2 is 2.38 bits per heavy atom. The Bertz CT molecular complexity index is 113. The third-order valence-corrected chi connectivity index (χ3v) is 3.51. The molecule has 1 atom stereocenters. The predicted octanol–water partition coefficient (Wildman–Crippen LogP) is 1.47. The van der Waals surface area contributed by atoms with Gasteiger partial charge in [-0.05, 0) is 31.6 Å². The van der Waals surface area contributed by atoms with Crippen LogP contribution >= 0.6 is 11.8 Å². The molecule has 0 saturated carbocycles. The van der Waals surface area contributed by atoms with Crippen molar-refractivity contribution >= 4 is 11.8 Å². The van der Waals surface area contributed by atoms with Gasteiger partial charge in [-0.2, -0.15) is 11.8 Å². The lowest BCUT2D eigenvalue weighted by molar-refractivity contribution is 0.398. The molecule has 78 valence electrons. The van der Waals surface area contributed by atoms with Gasteiger partial charge in [0.2, 0.25) is 0 Å². The molecule has 1 aliphatic heterocycles. The van der Waals surface area contributed by atoms with Crippen molar-refractivity contribution < 1.29 is 0 Å². The van der Waals surface area contributed by atoms with Gasteiger partial charge in [-0.3, -0.25) is 0 Å². The van der Waals surface area contributed by atoms with Crippen LogP contribution in [0.3, 0.4) is 0 Å². The van der Waals surface area contributed by atoms with E-state index in [0.717, 1.165) is 6.04 Å². The fourth-order valence-electron chi connectivity index (χ4n) is 1.61. The first-order valence-electron chi connectivity index (χ1n) is 5.45. The van der Waals surface area contributed by atoms with Gasteiger partial charge < -0.3 is 10.6 Å². The van der Waals surface area contributed by atoms with Crippen molar-refractivity contribution in [3.05, 3.63) is 0 Å². The number of thioether (sulfide) groups is 1. The second-order valence-electron chi connectivity index (χ2n) is 3.61. The molecule has 13 heavy (non-hydrogen) atoms. The van der Waals surface area contributed by atoms with Gasteiger partial charge in [-0.1, -0.05) is 6.92 Å². The van der Waals surface area contributed by atoms with Gasteiger partial charge in [0.05, 0.1) is 0 Å². The van der Waals surface area contributed by atoms with Crippen molar-refractivity contribution in [1.29, 1.82) is 0 Å². The lowest BCUT2D eigenvalue weighted by atomic mass is 10.1. The van der Waals surface area contributed by atoms with E-state index >= 15 is 0 Å². The van der Waals surface area contributed by atoms with Crippen LogP contribution in [0.25, 0.3) is 0 Å². The first kappa shape index (κ1) is 11.3. The fraction of sp³-hybridized carbons (Fsp3) is 1.00. The van der Waals surface area contributed by atoms with Crippen LogP contribution in [0, 0.1) is 0 Å². The Kier molecular flexibility index (Phi) is 6.68. The molecule has 2 nitrogen and oxygen atoms in total. The molecule has 1 fully saturated rings. The molecule has 0 radical (unpaired) electrons. The first-order chi connectivity index (χ1) is 6.43. The molecule has 1 unspecified atom stereocenters. The molecule has 0 spiro atoms. The molecule has 0 aromatic rings. The standard InChI is InChI=1S/C10H22N2S/c1-2-7-13-8-6-12-10-4-3-5-11-9-10/h10-12H,2-9H2,1H3. The zero-order valence-electron chi connectivity index (χ0n) is 8.64. The second kappa shape index (κ2) is 7.65. The summed E-state index contributed by atoms with van der Waals surface area (Å²) in [5, 5.41) is 7.01. The van der Waals surface area contributed by atoms with Crippen LogP contribution in [0.5, 0.6) is 0 Å². The van der Waals surface area contributed by atoms with Gasteiger partial charge in [0.15, 0.2) is 0 Å². The molecule has 0 aromatic carbocycles. The van der Waals surface area contributed by atoms with Crippen molar-refractivity contribution in [3.63, 3.8) is 0 Å². The van der Waals surface area contributed by atoms with Crippen molar-refractivity contribution in [1.82, 2.24) is 10.6 Å². The highest BCUT2D eigenvalue weighted by Crippen LogP contribution is 2.03.